The van der Waals surface area contributed by atoms with Crippen LogP contribution < -0.4 is 4.90 Å². The lowest BCUT2D eigenvalue weighted by atomic mass is 9.87. The Kier molecular flexibility index (Phi) is 3.46. The molecule has 1 aromatic rings. The average molecular weight is 235 g/mol. The maximum Gasteiger partial charge on any atom is 0.230 e. The van der Waals surface area contributed by atoms with Gasteiger partial charge in [0.25, 0.3) is 0 Å². The molecule has 0 aromatic heterocycles. The lowest BCUT2D eigenvalue weighted by Gasteiger charge is -2.34. The summed E-state index contributed by atoms with van der Waals surface area (Å²) in [6.07, 6.45) is 1.99. The van der Waals surface area contributed by atoms with Gasteiger partial charge in [-0.3, -0.25) is 4.79 Å². The molecule has 1 aliphatic heterocycles. The maximum absolute atomic E-state index is 12.9. The first kappa shape index (κ1) is 12.1. The zero-order valence-corrected chi connectivity index (χ0v) is 10.3. The quantitative estimate of drug-likeness (QED) is 0.770. The van der Waals surface area contributed by atoms with Gasteiger partial charge in [0.15, 0.2) is 0 Å². The zero-order valence-electron chi connectivity index (χ0n) is 10.3. The fraction of sp³-hybridized carbons (Fsp3) is 0.500. The molecule has 1 aromatic carbocycles. The van der Waals surface area contributed by atoms with Gasteiger partial charge < -0.3 is 4.90 Å². The van der Waals surface area contributed by atoms with E-state index < -0.39 is 0 Å². The first-order chi connectivity index (χ1) is 8.09. The van der Waals surface area contributed by atoms with E-state index in [1.54, 1.807) is 17.0 Å². The summed E-state index contributed by atoms with van der Waals surface area (Å²) < 4.78 is 12.9. The van der Waals surface area contributed by atoms with Crippen LogP contribution in [-0.4, -0.2) is 12.5 Å². The summed E-state index contributed by atoms with van der Waals surface area (Å²) in [4.78, 5) is 14.1. The van der Waals surface area contributed by atoms with Crippen molar-refractivity contribution in [3.63, 3.8) is 0 Å². The highest BCUT2D eigenvalue weighted by Crippen LogP contribution is 2.28. The van der Waals surface area contributed by atoms with Crippen LogP contribution in [-0.2, 0) is 4.79 Å². The summed E-state index contributed by atoms with van der Waals surface area (Å²) in [5.41, 5.74) is 0.807. The molecule has 17 heavy (non-hydrogen) atoms. The van der Waals surface area contributed by atoms with E-state index in [2.05, 4.69) is 13.8 Å². The van der Waals surface area contributed by atoms with Crippen LogP contribution in [0.4, 0.5) is 10.1 Å². The average Bonchev–Trinajstić information content (AvgIpc) is 2.30. The lowest BCUT2D eigenvalue weighted by molar-refractivity contribution is -0.125. The molecule has 1 unspecified atom stereocenters. The minimum Gasteiger partial charge on any atom is -0.312 e. The highest BCUT2D eigenvalue weighted by atomic mass is 19.1. The molecule has 1 heterocycles. The van der Waals surface area contributed by atoms with Crippen LogP contribution in [0.25, 0.3) is 0 Å². The van der Waals surface area contributed by atoms with Crippen LogP contribution >= 0.6 is 0 Å². The molecule has 0 N–H and O–H groups in total. The Bertz CT molecular complexity index is 399. The summed E-state index contributed by atoms with van der Waals surface area (Å²) >= 11 is 0. The monoisotopic (exact) mass is 235 g/mol. The van der Waals surface area contributed by atoms with E-state index in [0.29, 0.717) is 5.92 Å². The smallest absolute Gasteiger partial charge is 0.230 e. The van der Waals surface area contributed by atoms with Gasteiger partial charge in [0.2, 0.25) is 5.91 Å². The van der Waals surface area contributed by atoms with E-state index in [9.17, 15) is 9.18 Å². The van der Waals surface area contributed by atoms with Crippen molar-refractivity contribution in [3.8, 4) is 0 Å². The third-order valence-electron chi connectivity index (χ3n) is 3.42. The van der Waals surface area contributed by atoms with E-state index in [1.165, 1.54) is 12.1 Å². The summed E-state index contributed by atoms with van der Waals surface area (Å²) in [6.45, 7) is 4.90. The van der Waals surface area contributed by atoms with E-state index in [1.807, 2.05) is 0 Å². The zero-order chi connectivity index (χ0) is 12.4. The van der Waals surface area contributed by atoms with Crippen molar-refractivity contribution < 1.29 is 9.18 Å². The van der Waals surface area contributed by atoms with Crippen LogP contribution in [0.3, 0.4) is 0 Å². The second-order valence-electron chi connectivity index (χ2n) is 4.96. The highest BCUT2D eigenvalue weighted by Gasteiger charge is 2.31. The van der Waals surface area contributed by atoms with Gasteiger partial charge >= 0.3 is 0 Å². The molecule has 1 amide bonds. The third-order valence-corrected chi connectivity index (χ3v) is 3.42. The van der Waals surface area contributed by atoms with Crippen molar-refractivity contribution in [1.82, 2.24) is 0 Å². The van der Waals surface area contributed by atoms with Crippen molar-refractivity contribution in [3.05, 3.63) is 30.1 Å². The summed E-state index contributed by atoms with van der Waals surface area (Å²) in [6, 6.07) is 6.16. The minimum atomic E-state index is -0.265. The Labute approximate surface area is 101 Å². The molecular weight excluding hydrogens is 217 g/mol. The van der Waals surface area contributed by atoms with Gasteiger partial charge in [-0.05, 0) is 43.0 Å². The van der Waals surface area contributed by atoms with Gasteiger partial charge in [-0.1, -0.05) is 13.8 Å². The van der Waals surface area contributed by atoms with Gasteiger partial charge in [0.1, 0.15) is 5.82 Å². The number of amides is 1. The number of anilines is 1. The fourth-order valence-electron chi connectivity index (χ4n) is 2.40. The molecule has 1 atom stereocenters. The third kappa shape index (κ3) is 2.48. The number of halogens is 1. The van der Waals surface area contributed by atoms with Gasteiger partial charge in [0.05, 0.1) is 0 Å². The molecule has 2 nitrogen and oxygen atoms in total. The largest absolute Gasteiger partial charge is 0.312 e. The molecule has 1 aliphatic rings. The first-order valence-electron chi connectivity index (χ1n) is 6.16. The van der Waals surface area contributed by atoms with Crippen molar-refractivity contribution in [2.75, 3.05) is 11.4 Å². The summed E-state index contributed by atoms with van der Waals surface area (Å²) in [5, 5.41) is 0. The predicted octanol–water partition coefficient (Wildman–Crippen LogP) is 3.22. The summed E-state index contributed by atoms with van der Waals surface area (Å²) in [7, 11) is 0. The molecule has 0 aliphatic carbocycles. The second-order valence-corrected chi connectivity index (χ2v) is 4.96. The Morgan fingerprint density at radius 3 is 2.53 bits per heavy atom. The number of carbonyl (C=O) groups is 1. The molecule has 0 radical (unpaired) electrons. The summed E-state index contributed by atoms with van der Waals surface area (Å²) in [5.74, 6) is 0.385. The van der Waals surface area contributed by atoms with E-state index in [-0.39, 0.29) is 17.6 Å². The molecular formula is C14H18FNO. The topological polar surface area (TPSA) is 20.3 Å². The fourth-order valence-corrected chi connectivity index (χ4v) is 2.40. The van der Waals surface area contributed by atoms with Crippen molar-refractivity contribution in [1.29, 1.82) is 0 Å². The molecule has 0 bridgehead atoms. The van der Waals surface area contributed by atoms with Crippen LogP contribution in [0.2, 0.25) is 0 Å². The van der Waals surface area contributed by atoms with E-state index in [4.69, 9.17) is 0 Å². The number of rotatable bonds is 2. The Balaban J connectivity index is 2.20. The number of benzene rings is 1. The minimum absolute atomic E-state index is 0.105. The van der Waals surface area contributed by atoms with Gasteiger partial charge in [-0.15, -0.1) is 0 Å². The van der Waals surface area contributed by atoms with Crippen molar-refractivity contribution in [2.24, 2.45) is 11.8 Å². The number of hydrogen-bond donors (Lipinski definition) is 0. The molecule has 1 fully saturated rings. The predicted molar refractivity (Wildman–Crippen MR) is 66.3 cm³/mol. The molecule has 2 rings (SSSR count). The van der Waals surface area contributed by atoms with Crippen LogP contribution in [0.5, 0.6) is 0 Å². The van der Waals surface area contributed by atoms with Crippen molar-refractivity contribution in [2.45, 2.75) is 26.7 Å². The van der Waals surface area contributed by atoms with Crippen LogP contribution in [0, 0.1) is 17.7 Å². The first-order valence-corrected chi connectivity index (χ1v) is 6.16. The lowest BCUT2D eigenvalue weighted by Crippen LogP contribution is -2.43. The van der Waals surface area contributed by atoms with Crippen LogP contribution in [0.15, 0.2) is 24.3 Å². The van der Waals surface area contributed by atoms with Gasteiger partial charge in [-0.25, -0.2) is 4.39 Å². The Morgan fingerprint density at radius 1 is 1.29 bits per heavy atom. The number of hydrogen-bond acceptors (Lipinski definition) is 1. The standard InChI is InChI=1S/C14H18FNO/c1-10(2)13-4-3-9-16(14(13)17)12-7-5-11(15)6-8-12/h5-8,10,13H,3-4,9H2,1-2H3. The van der Waals surface area contributed by atoms with E-state index >= 15 is 0 Å². The van der Waals surface area contributed by atoms with Gasteiger partial charge in [0, 0.05) is 18.2 Å². The van der Waals surface area contributed by atoms with Crippen molar-refractivity contribution >= 4 is 11.6 Å². The number of piperidine rings is 1. The second kappa shape index (κ2) is 4.86. The number of nitrogens with zero attached hydrogens (tertiary/aromatic N) is 1. The molecule has 1 saturated heterocycles. The molecule has 3 heteroatoms. The molecule has 0 spiro atoms. The molecule has 92 valence electrons. The molecule has 0 saturated carbocycles. The Morgan fingerprint density at radius 2 is 1.94 bits per heavy atom. The van der Waals surface area contributed by atoms with E-state index in [0.717, 1.165) is 25.1 Å². The SMILES string of the molecule is CC(C)C1CCCN(c2ccc(F)cc2)C1=O. The van der Waals surface area contributed by atoms with Gasteiger partial charge in [-0.2, -0.15) is 0 Å². The normalized spacial score (nSPS) is 21.1. The Hall–Kier alpha value is -1.38. The number of carbonyl (C=O) groups excluding carboxylic acids is 1. The van der Waals surface area contributed by atoms with Crippen LogP contribution in [0.1, 0.15) is 26.7 Å². The maximum atomic E-state index is 12.9. The highest BCUT2D eigenvalue weighted by molar-refractivity contribution is 5.95.